The van der Waals surface area contributed by atoms with Gasteiger partial charge in [-0.05, 0) is 25.6 Å². The van der Waals surface area contributed by atoms with E-state index in [1.165, 1.54) is 9.75 Å². The molecule has 4 nitrogen and oxygen atoms in total. The van der Waals surface area contributed by atoms with Crippen molar-refractivity contribution in [3.8, 4) is 5.88 Å². The predicted molar refractivity (Wildman–Crippen MR) is 77.8 cm³/mol. The lowest BCUT2D eigenvalue weighted by atomic mass is 10.1. The highest BCUT2D eigenvalue weighted by molar-refractivity contribution is 7.12. The molecule has 1 atom stereocenters. The Hall–Kier alpha value is -1.46. The summed E-state index contributed by atoms with van der Waals surface area (Å²) in [6, 6.07) is 6.57. The number of thiophene rings is 1. The fourth-order valence-electron chi connectivity index (χ4n) is 1.93. The maximum absolute atomic E-state index is 5.13. The standard InChI is InChI=1S/C14H19N3OS/c1-4-11-5-6-13(19-11)12(15-2)7-10-8-14(18-3)17-9-16-10/h5-6,8-9,12,15H,4,7H2,1-3H3. The van der Waals surface area contributed by atoms with Gasteiger partial charge in [-0.2, -0.15) is 0 Å². The lowest BCUT2D eigenvalue weighted by Crippen LogP contribution is -2.18. The Morgan fingerprint density at radius 2 is 2.21 bits per heavy atom. The van der Waals surface area contributed by atoms with Crippen molar-refractivity contribution in [2.75, 3.05) is 14.2 Å². The van der Waals surface area contributed by atoms with Gasteiger partial charge in [0.05, 0.1) is 7.11 Å². The molecule has 19 heavy (non-hydrogen) atoms. The second-order valence-corrected chi connectivity index (χ2v) is 5.45. The number of likely N-dealkylation sites (N-methyl/N-ethyl adjacent to an activating group) is 1. The van der Waals surface area contributed by atoms with E-state index in [2.05, 4.69) is 34.3 Å². The molecular formula is C14H19N3OS. The molecule has 102 valence electrons. The van der Waals surface area contributed by atoms with Crippen LogP contribution in [0.5, 0.6) is 5.88 Å². The summed E-state index contributed by atoms with van der Waals surface area (Å²) >= 11 is 1.86. The fraction of sp³-hybridized carbons (Fsp3) is 0.429. The van der Waals surface area contributed by atoms with Crippen LogP contribution >= 0.6 is 11.3 Å². The Bertz CT molecular complexity index is 527. The van der Waals surface area contributed by atoms with Crippen LogP contribution in [0.2, 0.25) is 0 Å². The number of ether oxygens (including phenoxy) is 1. The van der Waals surface area contributed by atoms with Gasteiger partial charge in [-0.3, -0.25) is 0 Å². The van der Waals surface area contributed by atoms with Crippen molar-refractivity contribution in [1.82, 2.24) is 15.3 Å². The van der Waals surface area contributed by atoms with Crippen molar-refractivity contribution in [2.45, 2.75) is 25.8 Å². The number of methoxy groups -OCH3 is 1. The van der Waals surface area contributed by atoms with Crippen LogP contribution in [0, 0.1) is 0 Å². The first-order valence-corrected chi connectivity index (χ1v) is 7.19. The largest absolute Gasteiger partial charge is 0.481 e. The maximum atomic E-state index is 5.13. The van der Waals surface area contributed by atoms with Crippen LogP contribution in [0.4, 0.5) is 0 Å². The van der Waals surface area contributed by atoms with Gasteiger partial charge in [0.25, 0.3) is 0 Å². The molecule has 0 bridgehead atoms. The summed E-state index contributed by atoms with van der Waals surface area (Å²) in [7, 11) is 3.60. The van der Waals surface area contributed by atoms with E-state index in [9.17, 15) is 0 Å². The van der Waals surface area contributed by atoms with Crippen LogP contribution in [0.1, 0.15) is 28.4 Å². The van der Waals surface area contributed by atoms with Crippen LogP contribution in [-0.2, 0) is 12.8 Å². The first-order valence-electron chi connectivity index (χ1n) is 6.37. The highest BCUT2D eigenvalue weighted by Crippen LogP contribution is 2.26. The third kappa shape index (κ3) is 3.52. The van der Waals surface area contributed by atoms with Gasteiger partial charge < -0.3 is 10.1 Å². The van der Waals surface area contributed by atoms with Crippen molar-refractivity contribution in [3.05, 3.63) is 40.0 Å². The normalized spacial score (nSPS) is 12.4. The van der Waals surface area contributed by atoms with E-state index in [1.807, 2.05) is 24.5 Å². The quantitative estimate of drug-likeness (QED) is 0.881. The molecule has 1 unspecified atom stereocenters. The first-order chi connectivity index (χ1) is 9.26. The average molecular weight is 277 g/mol. The van der Waals surface area contributed by atoms with E-state index in [-0.39, 0.29) is 6.04 Å². The number of nitrogens with zero attached hydrogens (tertiary/aromatic N) is 2. The summed E-state index contributed by atoms with van der Waals surface area (Å²) in [6.07, 6.45) is 3.47. The Morgan fingerprint density at radius 3 is 2.84 bits per heavy atom. The monoisotopic (exact) mass is 277 g/mol. The summed E-state index contributed by atoms with van der Waals surface area (Å²) in [5.41, 5.74) is 0.984. The second kappa shape index (κ2) is 6.63. The van der Waals surface area contributed by atoms with E-state index < -0.39 is 0 Å². The first kappa shape index (κ1) is 14.0. The van der Waals surface area contributed by atoms with Gasteiger partial charge in [-0.25, -0.2) is 9.97 Å². The van der Waals surface area contributed by atoms with Gasteiger partial charge in [0.1, 0.15) is 6.33 Å². The molecule has 1 N–H and O–H groups in total. The van der Waals surface area contributed by atoms with Crippen LogP contribution in [-0.4, -0.2) is 24.1 Å². The lowest BCUT2D eigenvalue weighted by Gasteiger charge is -2.14. The highest BCUT2D eigenvalue weighted by atomic mass is 32.1. The zero-order chi connectivity index (χ0) is 13.7. The minimum Gasteiger partial charge on any atom is -0.481 e. The van der Waals surface area contributed by atoms with Gasteiger partial charge in [-0.1, -0.05) is 6.92 Å². The Kier molecular flexibility index (Phi) is 4.87. The highest BCUT2D eigenvalue weighted by Gasteiger charge is 2.13. The van der Waals surface area contributed by atoms with Gasteiger partial charge in [0.15, 0.2) is 0 Å². The van der Waals surface area contributed by atoms with Gasteiger partial charge >= 0.3 is 0 Å². The smallest absolute Gasteiger partial charge is 0.216 e. The zero-order valence-electron chi connectivity index (χ0n) is 11.5. The third-order valence-electron chi connectivity index (χ3n) is 3.04. The SMILES string of the molecule is CCc1ccc(C(Cc2cc(OC)ncn2)NC)s1. The fourth-order valence-corrected chi connectivity index (χ4v) is 2.99. The van der Waals surface area contributed by atoms with Gasteiger partial charge in [-0.15, -0.1) is 11.3 Å². The summed E-state index contributed by atoms with van der Waals surface area (Å²) < 4.78 is 5.13. The molecule has 2 heterocycles. The predicted octanol–water partition coefficient (Wildman–Crippen LogP) is 2.61. The van der Waals surface area contributed by atoms with E-state index in [1.54, 1.807) is 13.4 Å². The number of hydrogen-bond acceptors (Lipinski definition) is 5. The molecule has 0 spiro atoms. The van der Waals surface area contributed by atoms with Crippen molar-refractivity contribution >= 4 is 11.3 Å². The number of rotatable bonds is 6. The van der Waals surface area contributed by atoms with Crippen LogP contribution in [0.15, 0.2) is 24.5 Å². The van der Waals surface area contributed by atoms with Crippen molar-refractivity contribution in [1.29, 1.82) is 0 Å². The molecule has 0 saturated heterocycles. The van der Waals surface area contributed by atoms with E-state index >= 15 is 0 Å². The third-order valence-corrected chi connectivity index (χ3v) is 4.39. The summed E-state index contributed by atoms with van der Waals surface area (Å²) in [4.78, 5) is 11.1. The molecular weight excluding hydrogens is 258 g/mol. The Morgan fingerprint density at radius 1 is 1.37 bits per heavy atom. The zero-order valence-corrected chi connectivity index (χ0v) is 12.3. The second-order valence-electron chi connectivity index (χ2n) is 4.25. The van der Waals surface area contributed by atoms with Crippen LogP contribution < -0.4 is 10.1 Å². The topological polar surface area (TPSA) is 47.0 Å². The molecule has 0 aliphatic carbocycles. The molecule has 5 heteroatoms. The van der Waals surface area contributed by atoms with Gasteiger partial charge in [0.2, 0.25) is 5.88 Å². The van der Waals surface area contributed by atoms with E-state index in [4.69, 9.17) is 4.74 Å². The maximum Gasteiger partial charge on any atom is 0.216 e. The van der Waals surface area contributed by atoms with Crippen LogP contribution in [0.3, 0.4) is 0 Å². The number of hydrogen-bond donors (Lipinski definition) is 1. The molecule has 2 rings (SSSR count). The molecule has 0 fully saturated rings. The Balaban J connectivity index is 2.13. The molecule has 0 aliphatic rings. The molecule has 2 aromatic rings. The van der Waals surface area contributed by atoms with Crippen molar-refractivity contribution in [2.24, 2.45) is 0 Å². The minimum absolute atomic E-state index is 0.282. The average Bonchev–Trinajstić information content (AvgIpc) is 2.93. The number of aromatic nitrogens is 2. The minimum atomic E-state index is 0.282. The summed E-state index contributed by atoms with van der Waals surface area (Å²) in [6.45, 7) is 2.18. The van der Waals surface area contributed by atoms with Crippen molar-refractivity contribution < 1.29 is 4.74 Å². The lowest BCUT2D eigenvalue weighted by molar-refractivity contribution is 0.395. The molecule has 0 saturated carbocycles. The van der Waals surface area contributed by atoms with E-state index in [0.717, 1.165) is 18.5 Å². The molecule has 0 amide bonds. The number of aryl methyl sites for hydroxylation is 1. The summed E-state index contributed by atoms with van der Waals surface area (Å²) in [5.74, 6) is 0.611. The molecule has 0 aromatic carbocycles. The van der Waals surface area contributed by atoms with Gasteiger partial charge in [0, 0.05) is 34.0 Å². The van der Waals surface area contributed by atoms with Crippen LogP contribution in [0.25, 0.3) is 0 Å². The van der Waals surface area contributed by atoms with Crippen molar-refractivity contribution in [3.63, 3.8) is 0 Å². The molecule has 0 aliphatic heterocycles. The Labute approximate surface area is 117 Å². The van der Waals surface area contributed by atoms with E-state index in [0.29, 0.717) is 5.88 Å². The summed E-state index contributed by atoms with van der Waals surface area (Å²) in [5, 5.41) is 3.35. The number of nitrogens with one attached hydrogen (secondary N) is 1. The molecule has 0 radical (unpaired) electrons. The molecule has 2 aromatic heterocycles.